The van der Waals surface area contributed by atoms with E-state index in [1.54, 1.807) is 19.2 Å². The Labute approximate surface area is 143 Å². The standard InChI is InChI=1S/C19H27NO4/c1-19(2,3)24-18(23)20(4)15-11-10-14(12-16(15)21)17(22)13-8-6-5-7-9-13/h5-9,14-16,21H,10-12H2,1-4H3/t14-,15+,16+/m0/s1. The third-order valence-corrected chi connectivity index (χ3v) is 4.39. The quantitative estimate of drug-likeness (QED) is 0.862. The maximum Gasteiger partial charge on any atom is 0.410 e. The molecule has 0 heterocycles. The first kappa shape index (κ1) is 18.5. The summed E-state index contributed by atoms with van der Waals surface area (Å²) in [5, 5.41) is 10.5. The zero-order valence-electron chi connectivity index (χ0n) is 14.9. The summed E-state index contributed by atoms with van der Waals surface area (Å²) < 4.78 is 5.35. The van der Waals surface area contributed by atoms with Gasteiger partial charge in [0.2, 0.25) is 0 Å². The summed E-state index contributed by atoms with van der Waals surface area (Å²) in [7, 11) is 1.64. The van der Waals surface area contributed by atoms with Crippen molar-refractivity contribution in [3.63, 3.8) is 0 Å². The number of benzene rings is 1. The normalized spacial score (nSPS) is 24.3. The Bertz CT molecular complexity index is 579. The number of amides is 1. The lowest BCUT2D eigenvalue weighted by Gasteiger charge is -2.38. The molecule has 1 N–H and O–H groups in total. The number of ketones is 1. The third kappa shape index (κ3) is 4.57. The molecule has 0 aromatic heterocycles. The van der Waals surface area contributed by atoms with Crippen LogP contribution in [0.25, 0.3) is 0 Å². The van der Waals surface area contributed by atoms with Crippen LogP contribution in [-0.2, 0) is 4.74 Å². The van der Waals surface area contributed by atoms with Crippen LogP contribution in [0.2, 0.25) is 0 Å². The topological polar surface area (TPSA) is 66.8 Å². The highest BCUT2D eigenvalue weighted by molar-refractivity contribution is 5.97. The zero-order chi connectivity index (χ0) is 17.9. The van der Waals surface area contributed by atoms with Gasteiger partial charge in [0.25, 0.3) is 0 Å². The number of hydrogen-bond donors (Lipinski definition) is 1. The number of likely N-dealkylation sites (N-methyl/N-ethyl adjacent to an activating group) is 1. The van der Waals surface area contributed by atoms with Crippen LogP contribution in [0.3, 0.4) is 0 Å². The second kappa shape index (κ2) is 7.34. The van der Waals surface area contributed by atoms with Gasteiger partial charge in [-0.05, 0) is 40.0 Å². The number of rotatable bonds is 3. The maximum absolute atomic E-state index is 12.5. The summed E-state index contributed by atoms with van der Waals surface area (Å²) in [4.78, 5) is 26.2. The first-order valence-corrected chi connectivity index (χ1v) is 8.42. The fourth-order valence-electron chi connectivity index (χ4n) is 3.13. The van der Waals surface area contributed by atoms with Gasteiger partial charge in [-0.15, -0.1) is 0 Å². The van der Waals surface area contributed by atoms with Crippen LogP contribution < -0.4 is 0 Å². The van der Waals surface area contributed by atoms with Gasteiger partial charge in [0.15, 0.2) is 5.78 Å². The van der Waals surface area contributed by atoms with Crippen LogP contribution in [0.15, 0.2) is 30.3 Å². The number of nitrogens with zero attached hydrogens (tertiary/aromatic N) is 1. The smallest absolute Gasteiger partial charge is 0.410 e. The molecule has 5 heteroatoms. The van der Waals surface area contributed by atoms with E-state index in [1.165, 1.54) is 4.90 Å². The van der Waals surface area contributed by atoms with Gasteiger partial charge in [-0.3, -0.25) is 4.79 Å². The Morgan fingerprint density at radius 1 is 1.17 bits per heavy atom. The average molecular weight is 333 g/mol. The Morgan fingerprint density at radius 3 is 2.33 bits per heavy atom. The second-order valence-corrected chi connectivity index (χ2v) is 7.47. The first-order valence-electron chi connectivity index (χ1n) is 8.42. The fraction of sp³-hybridized carbons (Fsp3) is 0.579. The van der Waals surface area contributed by atoms with Gasteiger partial charge < -0.3 is 14.7 Å². The Hall–Kier alpha value is -1.88. The Balaban J connectivity index is 1.97. The molecule has 0 radical (unpaired) electrons. The van der Waals surface area contributed by atoms with Crippen molar-refractivity contribution in [1.29, 1.82) is 0 Å². The lowest BCUT2D eigenvalue weighted by molar-refractivity contribution is -0.0147. The molecule has 1 aromatic rings. The van der Waals surface area contributed by atoms with E-state index in [1.807, 2.05) is 39.0 Å². The molecule has 1 amide bonds. The van der Waals surface area contributed by atoms with Crippen molar-refractivity contribution in [2.45, 2.75) is 57.8 Å². The fourth-order valence-corrected chi connectivity index (χ4v) is 3.13. The zero-order valence-corrected chi connectivity index (χ0v) is 14.9. The number of ether oxygens (including phenoxy) is 1. The van der Waals surface area contributed by atoms with E-state index in [9.17, 15) is 14.7 Å². The molecule has 1 fully saturated rings. The Kier molecular flexibility index (Phi) is 5.65. The van der Waals surface area contributed by atoms with Gasteiger partial charge in [-0.25, -0.2) is 4.79 Å². The van der Waals surface area contributed by atoms with Gasteiger partial charge in [0.1, 0.15) is 5.60 Å². The van der Waals surface area contributed by atoms with Crippen molar-refractivity contribution in [3.8, 4) is 0 Å². The minimum absolute atomic E-state index is 0.0630. The van der Waals surface area contributed by atoms with Crippen LogP contribution in [0.1, 0.15) is 50.4 Å². The predicted molar refractivity (Wildman–Crippen MR) is 91.9 cm³/mol. The van der Waals surface area contributed by atoms with E-state index in [0.29, 0.717) is 24.8 Å². The molecular formula is C19H27NO4. The van der Waals surface area contributed by atoms with E-state index in [-0.39, 0.29) is 17.7 Å². The molecule has 1 aliphatic carbocycles. The van der Waals surface area contributed by atoms with E-state index < -0.39 is 17.8 Å². The molecule has 0 saturated heterocycles. The molecule has 132 valence electrons. The number of aliphatic hydroxyl groups excluding tert-OH is 1. The van der Waals surface area contributed by atoms with Crippen molar-refractivity contribution in [1.82, 2.24) is 4.90 Å². The number of Topliss-reactive ketones (excluding diaryl/α,β-unsaturated/α-hetero) is 1. The van der Waals surface area contributed by atoms with E-state index in [2.05, 4.69) is 0 Å². The molecule has 0 aliphatic heterocycles. The molecule has 1 aliphatic rings. The molecule has 24 heavy (non-hydrogen) atoms. The number of aliphatic hydroxyl groups is 1. The van der Waals surface area contributed by atoms with Gasteiger partial charge in [-0.1, -0.05) is 30.3 Å². The monoisotopic (exact) mass is 333 g/mol. The number of carbonyl (C=O) groups excluding carboxylic acids is 2. The van der Waals surface area contributed by atoms with Crippen LogP contribution >= 0.6 is 0 Å². The summed E-state index contributed by atoms with van der Waals surface area (Å²) >= 11 is 0. The molecule has 3 atom stereocenters. The van der Waals surface area contributed by atoms with Gasteiger partial charge in [-0.2, -0.15) is 0 Å². The van der Waals surface area contributed by atoms with Gasteiger partial charge in [0.05, 0.1) is 12.1 Å². The van der Waals surface area contributed by atoms with Crippen LogP contribution in [0.5, 0.6) is 0 Å². The number of carbonyl (C=O) groups is 2. The Morgan fingerprint density at radius 2 is 1.79 bits per heavy atom. The van der Waals surface area contributed by atoms with Crippen LogP contribution in [-0.4, -0.2) is 46.7 Å². The molecule has 0 unspecified atom stereocenters. The lowest BCUT2D eigenvalue weighted by atomic mass is 9.79. The molecule has 5 nitrogen and oxygen atoms in total. The lowest BCUT2D eigenvalue weighted by Crippen LogP contribution is -2.50. The summed E-state index contributed by atoms with van der Waals surface area (Å²) in [6, 6.07) is 8.83. The van der Waals surface area contributed by atoms with Crippen molar-refractivity contribution in [3.05, 3.63) is 35.9 Å². The summed E-state index contributed by atoms with van der Waals surface area (Å²) in [6.07, 6.45) is 0.433. The third-order valence-electron chi connectivity index (χ3n) is 4.39. The predicted octanol–water partition coefficient (Wildman–Crippen LogP) is 3.27. The highest BCUT2D eigenvalue weighted by Crippen LogP contribution is 2.30. The molecule has 0 bridgehead atoms. The van der Waals surface area contributed by atoms with E-state index in [4.69, 9.17) is 4.74 Å². The van der Waals surface area contributed by atoms with Crippen LogP contribution in [0, 0.1) is 5.92 Å². The van der Waals surface area contributed by atoms with E-state index >= 15 is 0 Å². The second-order valence-electron chi connectivity index (χ2n) is 7.47. The summed E-state index contributed by atoms with van der Waals surface area (Å²) in [6.45, 7) is 5.43. The van der Waals surface area contributed by atoms with Crippen molar-refractivity contribution < 1.29 is 19.4 Å². The molecule has 2 rings (SSSR count). The molecule has 1 aromatic carbocycles. The van der Waals surface area contributed by atoms with Crippen molar-refractivity contribution >= 4 is 11.9 Å². The molecule has 0 spiro atoms. The van der Waals surface area contributed by atoms with Crippen molar-refractivity contribution in [2.75, 3.05) is 7.05 Å². The molecule has 1 saturated carbocycles. The maximum atomic E-state index is 12.5. The average Bonchev–Trinajstić information content (AvgIpc) is 2.52. The largest absolute Gasteiger partial charge is 0.444 e. The SMILES string of the molecule is CN(C(=O)OC(C)(C)C)[C@@H]1CC[C@H](C(=O)c2ccccc2)C[C@H]1O. The number of hydrogen-bond acceptors (Lipinski definition) is 4. The van der Waals surface area contributed by atoms with Gasteiger partial charge in [0, 0.05) is 18.5 Å². The highest BCUT2D eigenvalue weighted by atomic mass is 16.6. The van der Waals surface area contributed by atoms with E-state index in [0.717, 1.165) is 0 Å². The van der Waals surface area contributed by atoms with Crippen molar-refractivity contribution in [2.24, 2.45) is 5.92 Å². The summed E-state index contributed by atoms with van der Waals surface area (Å²) in [5.41, 5.74) is 0.102. The summed E-state index contributed by atoms with van der Waals surface area (Å²) in [5.74, 6) is -0.140. The van der Waals surface area contributed by atoms with Crippen LogP contribution in [0.4, 0.5) is 4.79 Å². The minimum atomic E-state index is -0.728. The highest BCUT2D eigenvalue weighted by Gasteiger charge is 2.37. The van der Waals surface area contributed by atoms with Gasteiger partial charge >= 0.3 is 6.09 Å². The first-order chi connectivity index (χ1) is 11.2. The minimum Gasteiger partial charge on any atom is -0.444 e. The molecular weight excluding hydrogens is 306 g/mol.